The van der Waals surface area contributed by atoms with Crippen molar-refractivity contribution in [3.05, 3.63) is 35.3 Å². The summed E-state index contributed by atoms with van der Waals surface area (Å²) in [6.45, 7) is 1.72. The minimum absolute atomic E-state index is 0.0458. The van der Waals surface area contributed by atoms with Crippen molar-refractivity contribution in [2.75, 3.05) is 19.3 Å². The Balaban J connectivity index is 2.11. The highest BCUT2D eigenvalue weighted by Crippen LogP contribution is 2.22. The molecule has 0 amide bonds. The highest BCUT2D eigenvalue weighted by Gasteiger charge is 2.17. The summed E-state index contributed by atoms with van der Waals surface area (Å²) >= 11 is 1.15. The lowest BCUT2D eigenvalue weighted by atomic mass is 10.2. The molecule has 0 saturated carbocycles. The molecule has 2 rings (SSSR count). The van der Waals surface area contributed by atoms with Crippen LogP contribution in [0.3, 0.4) is 0 Å². The van der Waals surface area contributed by atoms with E-state index in [-0.39, 0.29) is 23.9 Å². The molecule has 2 aromatic rings. The number of rotatable bonds is 8. The first kappa shape index (κ1) is 20.3. The van der Waals surface area contributed by atoms with Gasteiger partial charge in [0.2, 0.25) is 0 Å². The molecular formula is C13H17FN6O4S2. The zero-order valence-electron chi connectivity index (χ0n) is 13.9. The third-order valence-electron chi connectivity index (χ3n) is 3.07. The zero-order valence-corrected chi connectivity index (χ0v) is 15.5. The number of aromatic nitrogens is 2. The predicted octanol–water partition coefficient (Wildman–Crippen LogP) is 0.720. The van der Waals surface area contributed by atoms with Gasteiger partial charge in [-0.2, -0.15) is 8.42 Å². The number of aliphatic imine (C=N–C) groups is 1. The van der Waals surface area contributed by atoms with Gasteiger partial charge in [-0.15, -0.1) is 0 Å². The maximum atomic E-state index is 13.3. The number of amidine groups is 1. The average Bonchev–Trinajstić information content (AvgIpc) is 3.08. The minimum Gasteiger partial charge on any atom is -0.290 e. The third-order valence-corrected chi connectivity index (χ3v) is 5.14. The molecule has 0 radical (unpaired) electrons. The van der Waals surface area contributed by atoms with Gasteiger partial charge >= 0.3 is 0 Å². The maximum absolute atomic E-state index is 13.3. The molecule has 0 saturated heterocycles. The van der Waals surface area contributed by atoms with E-state index in [4.69, 9.17) is 0 Å². The van der Waals surface area contributed by atoms with Crippen LogP contribution in [0.15, 0.2) is 32.8 Å². The lowest BCUT2D eigenvalue weighted by Gasteiger charge is -2.05. The summed E-state index contributed by atoms with van der Waals surface area (Å²) in [6.07, 6.45) is 0. The van der Waals surface area contributed by atoms with E-state index in [2.05, 4.69) is 29.4 Å². The molecular weight excluding hydrogens is 387 g/mol. The smallest absolute Gasteiger partial charge is 0.276 e. The van der Waals surface area contributed by atoms with Gasteiger partial charge in [0.05, 0.1) is 5.69 Å². The van der Waals surface area contributed by atoms with E-state index >= 15 is 0 Å². The largest absolute Gasteiger partial charge is 0.290 e. The molecule has 0 unspecified atom stereocenters. The maximum Gasteiger partial charge on any atom is 0.276 e. The molecule has 4 N–H and O–H groups in total. The molecule has 10 nitrogen and oxygen atoms in total. The van der Waals surface area contributed by atoms with Gasteiger partial charge in [0, 0.05) is 19.3 Å². The minimum atomic E-state index is -3.52. The normalized spacial score (nSPS) is 12.4. The highest BCUT2D eigenvalue weighted by atomic mass is 32.2. The quantitative estimate of drug-likeness (QED) is 0.166. The molecule has 1 heterocycles. The fourth-order valence-corrected chi connectivity index (χ4v) is 3.17. The van der Waals surface area contributed by atoms with E-state index < -0.39 is 10.2 Å². The van der Waals surface area contributed by atoms with Crippen LogP contribution in [0.2, 0.25) is 0 Å². The van der Waals surface area contributed by atoms with Crippen molar-refractivity contribution in [3.63, 3.8) is 0 Å². The van der Waals surface area contributed by atoms with Gasteiger partial charge in [-0.3, -0.25) is 10.7 Å². The number of benzene rings is 1. The van der Waals surface area contributed by atoms with Crippen molar-refractivity contribution in [1.82, 2.24) is 25.2 Å². The van der Waals surface area contributed by atoms with Crippen molar-refractivity contribution < 1.29 is 22.6 Å². The monoisotopic (exact) mass is 404 g/mol. The van der Waals surface area contributed by atoms with Gasteiger partial charge < -0.3 is 0 Å². The molecule has 0 aliphatic carbocycles. The lowest BCUT2D eigenvalue weighted by molar-refractivity contribution is 0.234. The first-order valence-corrected chi connectivity index (χ1v) is 9.72. The van der Waals surface area contributed by atoms with Crippen molar-refractivity contribution in [2.45, 2.75) is 11.9 Å². The van der Waals surface area contributed by atoms with Crippen LogP contribution in [0.4, 0.5) is 10.1 Å². The topological polar surface area (TPSA) is 142 Å². The first-order chi connectivity index (χ1) is 12.4. The second kappa shape index (κ2) is 9.05. The molecule has 1 aromatic carbocycles. The molecule has 0 bridgehead atoms. The Kier molecular flexibility index (Phi) is 7.05. The van der Waals surface area contributed by atoms with E-state index in [0.717, 1.165) is 11.8 Å². The van der Waals surface area contributed by atoms with E-state index in [1.165, 1.54) is 25.2 Å². The number of hydroxylamine groups is 1. The fraction of sp³-hybridized carbons (Fsp3) is 0.308. The second-order valence-corrected chi connectivity index (χ2v) is 7.66. The number of hydrogen-bond acceptors (Lipinski definition) is 8. The predicted molar refractivity (Wildman–Crippen MR) is 93.3 cm³/mol. The molecule has 0 spiro atoms. The number of nitrogens with zero attached hydrogens (tertiary/aromatic N) is 3. The van der Waals surface area contributed by atoms with Crippen LogP contribution in [0.5, 0.6) is 0 Å². The van der Waals surface area contributed by atoms with Crippen LogP contribution in [-0.2, 0) is 10.2 Å². The second-order valence-electron chi connectivity index (χ2n) is 4.87. The van der Waals surface area contributed by atoms with E-state index in [1.54, 1.807) is 6.92 Å². The molecule has 13 heteroatoms. The Labute approximate surface area is 153 Å². The molecule has 0 aliphatic rings. The van der Waals surface area contributed by atoms with Gasteiger partial charge in [-0.25, -0.2) is 23.5 Å². The Morgan fingerprint density at radius 1 is 1.42 bits per heavy atom. The summed E-state index contributed by atoms with van der Waals surface area (Å²) in [7, 11) is -2.23. The number of nitrogens with one attached hydrogen (secondary N) is 3. The average molecular weight is 404 g/mol. The highest BCUT2D eigenvalue weighted by molar-refractivity contribution is 7.99. The molecule has 0 fully saturated rings. The van der Waals surface area contributed by atoms with Crippen molar-refractivity contribution in [3.8, 4) is 0 Å². The summed E-state index contributed by atoms with van der Waals surface area (Å²) in [5, 5.41) is 17.0. The Bertz CT molecular complexity index is 887. The first-order valence-electron chi connectivity index (χ1n) is 7.25. The number of aryl methyl sites for hydroxylation is 1. The van der Waals surface area contributed by atoms with Gasteiger partial charge in [0.15, 0.2) is 16.6 Å². The summed E-state index contributed by atoms with van der Waals surface area (Å²) in [5.41, 5.74) is 2.83. The molecule has 0 atom stereocenters. The van der Waals surface area contributed by atoms with Gasteiger partial charge in [-0.1, -0.05) is 11.8 Å². The van der Waals surface area contributed by atoms with Crippen LogP contribution in [0.1, 0.15) is 11.3 Å². The van der Waals surface area contributed by atoms with Crippen LogP contribution in [-0.4, -0.2) is 49.1 Å². The van der Waals surface area contributed by atoms with Crippen LogP contribution < -0.4 is 14.9 Å². The Morgan fingerprint density at radius 2 is 2.19 bits per heavy atom. The third kappa shape index (κ3) is 5.47. The molecule has 0 aliphatic heterocycles. The summed E-state index contributed by atoms with van der Waals surface area (Å²) in [4.78, 5) is 4.15. The summed E-state index contributed by atoms with van der Waals surface area (Å²) in [6, 6.07) is 4.19. The zero-order chi connectivity index (χ0) is 19.2. The number of halogens is 1. The standard InChI is InChI=1S/C13H17FN6O4S2/c1-8-7-9(3-4-10(8)14)17-12(18-21)11-13(20-24-19-11)25-6-5-16-26(22,23)15-2/h3-4,7,15-16,21H,5-6H2,1-2H3,(H,17,18). The van der Waals surface area contributed by atoms with Gasteiger partial charge in [-0.05, 0) is 41.0 Å². The van der Waals surface area contributed by atoms with Gasteiger partial charge in [0.25, 0.3) is 10.2 Å². The van der Waals surface area contributed by atoms with E-state index in [0.29, 0.717) is 22.0 Å². The van der Waals surface area contributed by atoms with Crippen molar-refractivity contribution in [2.24, 2.45) is 4.99 Å². The lowest BCUT2D eigenvalue weighted by Crippen LogP contribution is -2.35. The van der Waals surface area contributed by atoms with E-state index in [9.17, 15) is 18.0 Å². The Morgan fingerprint density at radius 3 is 2.85 bits per heavy atom. The molecule has 142 valence electrons. The van der Waals surface area contributed by atoms with Crippen LogP contribution >= 0.6 is 11.8 Å². The fourth-order valence-electron chi connectivity index (χ4n) is 1.77. The van der Waals surface area contributed by atoms with E-state index in [1.807, 2.05) is 5.48 Å². The van der Waals surface area contributed by atoms with Crippen LogP contribution in [0.25, 0.3) is 0 Å². The number of hydrogen-bond donors (Lipinski definition) is 4. The molecule has 1 aromatic heterocycles. The van der Waals surface area contributed by atoms with Crippen LogP contribution in [0, 0.1) is 12.7 Å². The summed E-state index contributed by atoms with van der Waals surface area (Å²) in [5.74, 6) is -0.0855. The number of thioether (sulfide) groups is 1. The summed E-state index contributed by atoms with van der Waals surface area (Å²) < 4.78 is 45.0. The molecule has 26 heavy (non-hydrogen) atoms. The van der Waals surface area contributed by atoms with Crippen molar-refractivity contribution >= 4 is 33.5 Å². The van der Waals surface area contributed by atoms with Gasteiger partial charge in [0.1, 0.15) is 5.82 Å². The van der Waals surface area contributed by atoms with Crippen molar-refractivity contribution in [1.29, 1.82) is 0 Å². The Hall–Kier alpha value is -2.06. The SMILES string of the molecule is CNS(=O)(=O)NCCSc1nonc1C(=Nc1ccc(F)c(C)c1)NO.